The lowest BCUT2D eigenvalue weighted by Crippen LogP contribution is -2.35. The summed E-state index contributed by atoms with van der Waals surface area (Å²) in [5, 5.41) is 11.1. The van der Waals surface area contributed by atoms with Gasteiger partial charge in [-0.05, 0) is 35.9 Å². The number of allylic oxidation sites excluding steroid dienone is 1. The highest BCUT2D eigenvalue weighted by atomic mass is 35.5. The molecule has 0 atom stereocenters. The first-order chi connectivity index (χ1) is 14.0. The molecule has 2 aromatic carbocycles. The van der Waals surface area contributed by atoms with Gasteiger partial charge in [-0.25, -0.2) is 0 Å². The molecule has 0 aliphatic carbocycles. The zero-order valence-corrected chi connectivity index (χ0v) is 16.7. The summed E-state index contributed by atoms with van der Waals surface area (Å²) < 4.78 is 10.8. The molecule has 8 heteroatoms. The van der Waals surface area contributed by atoms with Crippen molar-refractivity contribution in [1.82, 2.24) is 4.90 Å². The third-order valence-corrected chi connectivity index (χ3v) is 4.98. The Morgan fingerprint density at radius 2 is 2.03 bits per heavy atom. The van der Waals surface area contributed by atoms with Gasteiger partial charge in [-0.3, -0.25) is 19.8 Å². The van der Waals surface area contributed by atoms with Crippen molar-refractivity contribution in [3.05, 3.63) is 74.3 Å². The molecule has 1 saturated heterocycles. The third kappa shape index (κ3) is 5.41. The number of ether oxygens (including phenoxy) is 2. The van der Waals surface area contributed by atoms with Crippen LogP contribution in [0.2, 0.25) is 5.02 Å². The van der Waals surface area contributed by atoms with Crippen LogP contribution in [0.15, 0.2) is 42.5 Å². The van der Waals surface area contributed by atoms with Crippen molar-refractivity contribution in [2.24, 2.45) is 0 Å². The molecule has 1 fully saturated rings. The third-order valence-electron chi connectivity index (χ3n) is 4.66. The van der Waals surface area contributed by atoms with E-state index < -0.39 is 4.92 Å². The van der Waals surface area contributed by atoms with Crippen molar-refractivity contribution in [3.8, 4) is 5.75 Å². The summed E-state index contributed by atoms with van der Waals surface area (Å²) in [6, 6.07) is 9.71. The van der Waals surface area contributed by atoms with Crippen LogP contribution >= 0.6 is 11.6 Å². The van der Waals surface area contributed by atoms with Gasteiger partial charge in [0, 0.05) is 36.8 Å². The van der Waals surface area contributed by atoms with Crippen LogP contribution in [0, 0.1) is 10.1 Å². The number of methoxy groups -OCH3 is 1. The van der Waals surface area contributed by atoms with Gasteiger partial charge in [-0.15, -0.1) is 0 Å². The summed E-state index contributed by atoms with van der Waals surface area (Å²) in [4.78, 5) is 25.3. The first-order valence-corrected chi connectivity index (χ1v) is 9.49. The molecule has 1 aliphatic heterocycles. The normalized spacial score (nSPS) is 14.8. The first-order valence-electron chi connectivity index (χ1n) is 9.11. The Labute approximate surface area is 173 Å². The molecule has 3 rings (SSSR count). The van der Waals surface area contributed by atoms with Gasteiger partial charge in [-0.2, -0.15) is 0 Å². The first kappa shape index (κ1) is 21.0. The minimum atomic E-state index is -0.553. The SMILES string of the molecule is COc1ccc(C(=O)/C=C/c2ccc(Cl)c([N+](=O)[O-])c2)cc1CN1CCOCC1. The minimum absolute atomic E-state index is 0.0568. The van der Waals surface area contributed by atoms with E-state index in [0.717, 1.165) is 24.4 Å². The van der Waals surface area contributed by atoms with E-state index in [1.165, 1.54) is 24.3 Å². The Morgan fingerprint density at radius 3 is 2.72 bits per heavy atom. The second-order valence-electron chi connectivity index (χ2n) is 6.58. The van der Waals surface area contributed by atoms with Crippen LogP contribution in [-0.4, -0.2) is 49.0 Å². The quantitative estimate of drug-likeness (QED) is 0.294. The van der Waals surface area contributed by atoms with Crippen LogP contribution in [0.25, 0.3) is 6.08 Å². The Kier molecular flexibility index (Phi) is 6.98. The molecule has 0 amide bonds. The number of rotatable bonds is 7. The molecular formula is C21H21ClN2O5. The van der Waals surface area contributed by atoms with Crippen LogP contribution in [0.3, 0.4) is 0 Å². The molecule has 0 unspecified atom stereocenters. The smallest absolute Gasteiger partial charge is 0.288 e. The maximum absolute atomic E-state index is 12.6. The Bertz CT molecular complexity index is 939. The predicted octanol–water partition coefficient (Wildman–Crippen LogP) is 3.99. The molecule has 0 spiro atoms. The van der Waals surface area contributed by atoms with Crippen molar-refractivity contribution in [2.75, 3.05) is 33.4 Å². The molecule has 152 valence electrons. The van der Waals surface area contributed by atoms with Gasteiger partial charge in [0.25, 0.3) is 5.69 Å². The molecule has 0 bridgehead atoms. The standard InChI is InChI=1S/C21H21ClN2O5/c1-28-21-7-4-16(13-17(21)14-23-8-10-29-11-9-23)20(25)6-3-15-2-5-18(22)19(12-15)24(26)27/h2-7,12-13H,8-11,14H2,1H3/b6-3+. The fourth-order valence-corrected chi connectivity index (χ4v) is 3.28. The maximum Gasteiger partial charge on any atom is 0.288 e. The second-order valence-corrected chi connectivity index (χ2v) is 6.99. The number of nitrogens with zero attached hydrogens (tertiary/aromatic N) is 2. The Hall–Kier alpha value is -2.74. The lowest BCUT2D eigenvalue weighted by molar-refractivity contribution is -0.384. The zero-order valence-electron chi connectivity index (χ0n) is 16.0. The average molecular weight is 417 g/mol. The van der Waals surface area contributed by atoms with Crippen molar-refractivity contribution < 1.29 is 19.2 Å². The number of hydrogen-bond acceptors (Lipinski definition) is 6. The lowest BCUT2D eigenvalue weighted by Gasteiger charge is -2.27. The van der Waals surface area contributed by atoms with E-state index in [9.17, 15) is 14.9 Å². The van der Waals surface area contributed by atoms with Crippen LogP contribution in [-0.2, 0) is 11.3 Å². The molecule has 29 heavy (non-hydrogen) atoms. The molecule has 7 nitrogen and oxygen atoms in total. The highest BCUT2D eigenvalue weighted by Gasteiger charge is 2.15. The van der Waals surface area contributed by atoms with Gasteiger partial charge in [0.2, 0.25) is 0 Å². The summed E-state index contributed by atoms with van der Waals surface area (Å²) in [6.45, 7) is 3.71. The highest BCUT2D eigenvalue weighted by molar-refractivity contribution is 6.32. The number of halogens is 1. The number of nitro groups is 1. The van der Waals surface area contributed by atoms with E-state index in [4.69, 9.17) is 21.1 Å². The number of ketones is 1. The number of morpholine rings is 1. The summed E-state index contributed by atoms with van der Waals surface area (Å²) >= 11 is 5.82. The molecule has 0 aromatic heterocycles. The molecule has 2 aromatic rings. The topological polar surface area (TPSA) is 81.9 Å². The van der Waals surface area contributed by atoms with Crippen LogP contribution in [0.4, 0.5) is 5.69 Å². The van der Waals surface area contributed by atoms with Gasteiger partial charge >= 0.3 is 0 Å². The summed E-state index contributed by atoms with van der Waals surface area (Å²) in [5.41, 5.74) is 1.78. The predicted molar refractivity (Wildman–Crippen MR) is 111 cm³/mol. The van der Waals surface area contributed by atoms with E-state index >= 15 is 0 Å². The molecule has 0 saturated carbocycles. The minimum Gasteiger partial charge on any atom is -0.496 e. The molecule has 0 radical (unpaired) electrons. The monoisotopic (exact) mass is 416 g/mol. The van der Waals surface area contributed by atoms with Crippen LogP contribution in [0.5, 0.6) is 5.75 Å². The number of nitro benzene ring substituents is 1. The lowest BCUT2D eigenvalue weighted by atomic mass is 10.0. The summed E-state index contributed by atoms with van der Waals surface area (Å²) in [5.74, 6) is 0.527. The van der Waals surface area contributed by atoms with E-state index in [1.54, 1.807) is 25.3 Å². The Balaban J connectivity index is 1.78. The van der Waals surface area contributed by atoms with E-state index in [0.29, 0.717) is 30.9 Å². The average Bonchev–Trinajstić information content (AvgIpc) is 2.73. The number of carbonyl (C=O) groups excluding carboxylic acids is 1. The van der Waals surface area contributed by atoms with E-state index in [1.807, 2.05) is 6.07 Å². The van der Waals surface area contributed by atoms with E-state index in [2.05, 4.69) is 4.90 Å². The second kappa shape index (κ2) is 9.65. The van der Waals surface area contributed by atoms with Crippen LogP contribution < -0.4 is 4.74 Å². The Morgan fingerprint density at radius 1 is 1.28 bits per heavy atom. The van der Waals surface area contributed by atoms with Gasteiger partial charge in [0.05, 0.1) is 25.2 Å². The zero-order chi connectivity index (χ0) is 20.8. The maximum atomic E-state index is 12.6. The molecule has 0 N–H and O–H groups in total. The molecule has 1 aliphatic rings. The molecule has 1 heterocycles. The number of benzene rings is 2. The summed E-state index contributed by atoms with van der Waals surface area (Å²) in [6.07, 6.45) is 2.94. The van der Waals surface area contributed by atoms with Gasteiger partial charge in [-0.1, -0.05) is 23.7 Å². The van der Waals surface area contributed by atoms with Crippen molar-refractivity contribution in [3.63, 3.8) is 0 Å². The van der Waals surface area contributed by atoms with Crippen molar-refractivity contribution in [2.45, 2.75) is 6.54 Å². The van der Waals surface area contributed by atoms with Gasteiger partial charge in [0.1, 0.15) is 10.8 Å². The molecular weight excluding hydrogens is 396 g/mol. The van der Waals surface area contributed by atoms with E-state index in [-0.39, 0.29) is 16.5 Å². The fraction of sp³-hybridized carbons (Fsp3) is 0.286. The fourth-order valence-electron chi connectivity index (χ4n) is 3.10. The van der Waals surface area contributed by atoms with Gasteiger partial charge < -0.3 is 9.47 Å². The number of hydrogen-bond donors (Lipinski definition) is 0. The largest absolute Gasteiger partial charge is 0.496 e. The van der Waals surface area contributed by atoms with Crippen molar-refractivity contribution >= 4 is 29.1 Å². The highest BCUT2D eigenvalue weighted by Crippen LogP contribution is 2.26. The van der Waals surface area contributed by atoms with Crippen molar-refractivity contribution in [1.29, 1.82) is 0 Å². The summed E-state index contributed by atoms with van der Waals surface area (Å²) in [7, 11) is 1.60. The van der Waals surface area contributed by atoms with Gasteiger partial charge in [0.15, 0.2) is 5.78 Å². The van der Waals surface area contributed by atoms with Crippen LogP contribution in [0.1, 0.15) is 21.5 Å². The number of carbonyl (C=O) groups is 1.